The zero-order valence-corrected chi connectivity index (χ0v) is 19.4. The summed E-state index contributed by atoms with van der Waals surface area (Å²) in [6.45, 7) is 4.34. The lowest BCUT2D eigenvalue weighted by atomic mass is 10.2. The van der Waals surface area contributed by atoms with Crippen LogP contribution in [-0.4, -0.2) is 43.6 Å². The molecule has 0 aromatic heterocycles. The molecule has 2 amide bonds. The fourth-order valence-electron chi connectivity index (χ4n) is 2.74. The lowest BCUT2D eigenvalue weighted by molar-refractivity contribution is -0.147. The van der Waals surface area contributed by atoms with Gasteiger partial charge in [0.15, 0.2) is 6.61 Å². The van der Waals surface area contributed by atoms with Crippen molar-refractivity contribution in [3.05, 3.63) is 54.1 Å². The van der Waals surface area contributed by atoms with Crippen LogP contribution in [0.1, 0.15) is 49.9 Å². The van der Waals surface area contributed by atoms with Gasteiger partial charge in [0.2, 0.25) is 5.91 Å². The zero-order valence-electron chi connectivity index (χ0n) is 19.4. The molecular weight excluding hydrogens is 440 g/mol. The molecule has 182 valence electrons. The van der Waals surface area contributed by atoms with Crippen molar-refractivity contribution in [2.24, 2.45) is 0 Å². The summed E-state index contributed by atoms with van der Waals surface area (Å²) in [5.41, 5.74) is 1.42. The Morgan fingerprint density at radius 2 is 1.38 bits per heavy atom. The van der Waals surface area contributed by atoms with Crippen LogP contribution in [0.5, 0.6) is 5.75 Å². The van der Waals surface area contributed by atoms with Crippen LogP contribution in [0.25, 0.3) is 0 Å². The number of anilines is 2. The summed E-state index contributed by atoms with van der Waals surface area (Å²) in [6, 6.07) is 13.1. The van der Waals surface area contributed by atoms with Gasteiger partial charge in [-0.25, -0.2) is 4.79 Å². The SMILES string of the molecule is CCCCOC(=O)c1ccc(NC(=O)CCC(=O)OCC(=O)Nc2ccc(OCC)cc2)cc1. The summed E-state index contributed by atoms with van der Waals surface area (Å²) >= 11 is 0. The average Bonchev–Trinajstić information content (AvgIpc) is 2.83. The monoisotopic (exact) mass is 470 g/mol. The van der Waals surface area contributed by atoms with Gasteiger partial charge in [0, 0.05) is 17.8 Å². The minimum absolute atomic E-state index is 0.111. The van der Waals surface area contributed by atoms with Gasteiger partial charge in [-0.15, -0.1) is 0 Å². The highest BCUT2D eigenvalue weighted by Crippen LogP contribution is 2.15. The van der Waals surface area contributed by atoms with Crippen molar-refractivity contribution >= 4 is 35.1 Å². The third-order valence-electron chi connectivity index (χ3n) is 4.50. The van der Waals surface area contributed by atoms with Crippen LogP contribution in [0.4, 0.5) is 11.4 Å². The van der Waals surface area contributed by atoms with E-state index in [2.05, 4.69) is 10.6 Å². The number of ether oxygens (including phenoxy) is 3. The Balaban J connectivity index is 1.66. The second-order valence-electron chi connectivity index (χ2n) is 7.28. The largest absolute Gasteiger partial charge is 0.494 e. The normalized spacial score (nSPS) is 10.2. The van der Waals surface area contributed by atoms with Gasteiger partial charge >= 0.3 is 11.9 Å². The number of unbranched alkanes of at least 4 members (excludes halogenated alkanes) is 1. The molecule has 9 nitrogen and oxygen atoms in total. The van der Waals surface area contributed by atoms with Gasteiger partial charge in [0.25, 0.3) is 5.91 Å². The third kappa shape index (κ3) is 9.72. The highest BCUT2D eigenvalue weighted by atomic mass is 16.5. The molecule has 0 saturated carbocycles. The first-order valence-electron chi connectivity index (χ1n) is 11.2. The molecule has 0 atom stereocenters. The number of hydrogen-bond acceptors (Lipinski definition) is 7. The van der Waals surface area contributed by atoms with Crippen LogP contribution < -0.4 is 15.4 Å². The minimum Gasteiger partial charge on any atom is -0.494 e. The van der Waals surface area contributed by atoms with Crippen LogP contribution in [-0.2, 0) is 23.9 Å². The molecule has 0 bridgehead atoms. The summed E-state index contributed by atoms with van der Waals surface area (Å²) in [6.07, 6.45) is 1.45. The fourth-order valence-corrected chi connectivity index (χ4v) is 2.74. The molecule has 0 radical (unpaired) electrons. The Morgan fingerprint density at radius 1 is 0.765 bits per heavy atom. The first kappa shape index (κ1) is 26.4. The number of carbonyl (C=O) groups is 4. The molecule has 0 fully saturated rings. The molecule has 0 spiro atoms. The van der Waals surface area contributed by atoms with E-state index in [1.165, 1.54) is 0 Å². The van der Waals surface area contributed by atoms with Gasteiger partial charge in [-0.2, -0.15) is 0 Å². The Bertz CT molecular complexity index is 956. The van der Waals surface area contributed by atoms with Crippen LogP contribution in [0.2, 0.25) is 0 Å². The molecule has 0 aliphatic carbocycles. The predicted molar refractivity (Wildman–Crippen MR) is 127 cm³/mol. The number of benzene rings is 2. The van der Waals surface area contributed by atoms with Gasteiger partial charge in [-0.1, -0.05) is 13.3 Å². The van der Waals surface area contributed by atoms with E-state index in [4.69, 9.17) is 14.2 Å². The van der Waals surface area contributed by atoms with E-state index in [1.807, 2.05) is 13.8 Å². The highest BCUT2D eigenvalue weighted by molar-refractivity contribution is 5.95. The number of carbonyl (C=O) groups excluding carboxylic acids is 4. The summed E-state index contributed by atoms with van der Waals surface area (Å²) in [7, 11) is 0. The molecular formula is C25H30N2O7. The molecule has 0 aliphatic rings. The Labute approximate surface area is 198 Å². The van der Waals surface area contributed by atoms with Crippen LogP contribution in [0.15, 0.2) is 48.5 Å². The molecule has 0 saturated heterocycles. The maximum Gasteiger partial charge on any atom is 0.338 e. The molecule has 34 heavy (non-hydrogen) atoms. The standard InChI is InChI=1S/C25H30N2O7/c1-3-5-16-33-25(31)18-6-8-19(9-7-18)26-22(28)14-15-24(30)34-17-23(29)27-20-10-12-21(13-11-20)32-4-2/h6-13H,3-5,14-17H2,1-2H3,(H,26,28)(H,27,29). The van der Waals surface area contributed by atoms with Crippen molar-refractivity contribution in [1.82, 2.24) is 0 Å². The van der Waals surface area contributed by atoms with Gasteiger partial charge < -0.3 is 24.8 Å². The Kier molecular flexibility index (Phi) is 11.1. The topological polar surface area (TPSA) is 120 Å². The molecule has 0 heterocycles. The maximum absolute atomic E-state index is 12.1. The average molecular weight is 471 g/mol. The van der Waals surface area contributed by atoms with Crippen molar-refractivity contribution in [3.8, 4) is 5.75 Å². The second kappa shape index (κ2) is 14.3. The second-order valence-corrected chi connectivity index (χ2v) is 7.28. The lowest BCUT2D eigenvalue weighted by Crippen LogP contribution is -2.21. The van der Waals surface area contributed by atoms with E-state index >= 15 is 0 Å². The number of esters is 2. The molecule has 2 rings (SSSR count). The molecule has 2 aromatic carbocycles. The molecule has 2 aromatic rings. The van der Waals surface area contributed by atoms with Gasteiger partial charge in [0.1, 0.15) is 5.75 Å². The number of amides is 2. The van der Waals surface area contributed by atoms with Crippen LogP contribution in [0, 0.1) is 0 Å². The number of rotatable bonds is 13. The van der Waals surface area contributed by atoms with Gasteiger partial charge in [-0.3, -0.25) is 14.4 Å². The fraction of sp³-hybridized carbons (Fsp3) is 0.360. The van der Waals surface area contributed by atoms with Crippen molar-refractivity contribution in [2.75, 3.05) is 30.5 Å². The van der Waals surface area contributed by atoms with Gasteiger partial charge in [0.05, 0.1) is 25.2 Å². The lowest BCUT2D eigenvalue weighted by Gasteiger charge is -2.08. The highest BCUT2D eigenvalue weighted by Gasteiger charge is 2.12. The van der Waals surface area contributed by atoms with Crippen LogP contribution >= 0.6 is 0 Å². The van der Waals surface area contributed by atoms with E-state index in [9.17, 15) is 19.2 Å². The number of nitrogens with one attached hydrogen (secondary N) is 2. The van der Waals surface area contributed by atoms with Crippen molar-refractivity contribution in [3.63, 3.8) is 0 Å². The summed E-state index contributed by atoms with van der Waals surface area (Å²) in [5.74, 6) is -1.28. The first-order valence-corrected chi connectivity index (χ1v) is 11.2. The summed E-state index contributed by atoms with van der Waals surface area (Å²) in [5, 5.41) is 5.25. The molecule has 0 unspecified atom stereocenters. The van der Waals surface area contributed by atoms with E-state index in [0.29, 0.717) is 35.9 Å². The van der Waals surface area contributed by atoms with Gasteiger partial charge in [-0.05, 0) is 61.9 Å². The van der Waals surface area contributed by atoms with Crippen molar-refractivity contribution in [2.45, 2.75) is 39.5 Å². The summed E-state index contributed by atoms with van der Waals surface area (Å²) in [4.78, 5) is 47.7. The Hall–Kier alpha value is -3.88. The van der Waals surface area contributed by atoms with E-state index < -0.39 is 30.4 Å². The molecule has 9 heteroatoms. The van der Waals surface area contributed by atoms with E-state index in [0.717, 1.165) is 12.8 Å². The quantitative estimate of drug-likeness (QED) is 0.336. The van der Waals surface area contributed by atoms with Crippen LogP contribution in [0.3, 0.4) is 0 Å². The minimum atomic E-state index is -0.665. The third-order valence-corrected chi connectivity index (χ3v) is 4.50. The molecule has 2 N–H and O–H groups in total. The zero-order chi connectivity index (χ0) is 24.8. The maximum atomic E-state index is 12.1. The van der Waals surface area contributed by atoms with Crippen molar-refractivity contribution < 1.29 is 33.4 Å². The molecule has 0 aliphatic heterocycles. The predicted octanol–water partition coefficient (Wildman–Crippen LogP) is 3.94. The Morgan fingerprint density at radius 3 is 2.00 bits per heavy atom. The summed E-state index contributed by atoms with van der Waals surface area (Å²) < 4.78 is 15.4. The first-order chi connectivity index (χ1) is 16.4. The van der Waals surface area contributed by atoms with E-state index in [-0.39, 0.29) is 12.8 Å². The smallest absolute Gasteiger partial charge is 0.338 e. The van der Waals surface area contributed by atoms with Crippen molar-refractivity contribution in [1.29, 1.82) is 0 Å². The van der Waals surface area contributed by atoms with E-state index in [1.54, 1.807) is 48.5 Å². The number of hydrogen-bond donors (Lipinski definition) is 2.